The first-order chi connectivity index (χ1) is 8.70. The first kappa shape index (κ1) is 11.1. The van der Waals surface area contributed by atoms with Gasteiger partial charge in [-0.1, -0.05) is 6.07 Å². The van der Waals surface area contributed by atoms with Gasteiger partial charge in [0.05, 0.1) is 18.8 Å². The van der Waals surface area contributed by atoms with Crippen molar-refractivity contribution in [1.29, 1.82) is 0 Å². The summed E-state index contributed by atoms with van der Waals surface area (Å²) in [5.74, 6) is 0.871. The predicted octanol–water partition coefficient (Wildman–Crippen LogP) is 1.08. The minimum atomic E-state index is 0.427. The number of fused-ring (bicyclic) bond motifs is 1. The smallest absolute Gasteiger partial charge is 0.191 e. The van der Waals surface area contributed by atoms with E-state index in [2.05, 4.69) is 51.1 Å². The van der Waals surface area contributed by atoms with Crippen LogP contribution in [0.2, 0.25) is 0 Å². The van der Waals surface area contributed by atoms with Crippen LogP contribution in [0.1, 0.15) is 18.2 Å². The molecule has 0 aliphatic carbocycles. The van der Waals surface area contributed by atoms with Gasteiger partial charge in [0.1, 0.15) is 5.65 Å². The maximum absolute atomic E-state index is 4.55. The molecule has 5 heteroatoms. The third kappa shape index (κ3) is 2.16. The molecule has 0 aromatic carbocycles. The van der Waals surface area contributed by atoms with E-state index in [4.69, 9.17) is 0 Å². The number of rotatable bonds is 2. The van der Waals surface area contributed by atoms with E-state index in [1.807, 2.05) is 12.3 Å². The van der Waals surface area contributed by atoms with Crippen LogP contribution in [0, 0.1) is 6.92 Å². The van der Waals surface area contributed by atoms with E-state index < -0.39 is 0 Å². The van der Waals surface area contributed by atoms with Crippen LogP contribution in [0.3, 0.4) is 0 Å². The molecule has 94 valence electrons. The number of hydrogen-bond donors (Lipinski definition) is 2. The Morgan fingerprint density at radius 1 is 1.44 bits per heavy atom. The van der Waals surface area contributed by atoms with Gasteiger partial charge in [0.2, 0.25) is 0 Å². The highest BCUT2D eigenvalue weighted by Crippen LogP contribution is 2.07. The maximum Gasteiger partial charge on any atom is 0.191 e. The Morgan fingerprint density at radius 3 is 3.11 bits per heavy atom. The van der Waals surface area contributed by atoms with Crippen LogP contribution in [-0.2, 0) is 6.54 Å². The lowest BCUT2D eigenvalue weighted by Crippen LogP contribution is -2.37. The van der Waals surface area contributed by atoms with Crippen LogP contribution < -0.4 is 10.6 Å². The summed E-state index contributed by atoms with van der Waals surface area (Å²) < 4.78 is 2.05. The van der Waals surface area contributed by atoms with Gasteiger partial charge in [-0.15, -0.1) is 0 Å². The third-order valence-corrected chi connectivity index (χ3v) is 2.99. The SMILES string of the molecule is Cc1ccc2nc(CNC3=NCC(C)N3)cn2c1. The Bertz CT molecular complexity index is 598. The van der Waals surface area contributed by atoms with Crippen LogP contribution in [-0.4, -0.2) is 27.9 Å². The first-order valence-electron chi connectivity index (χ1n) is 6.20. The highest BCUT2D eigenvalue weighted by atomic mass is 15.2. The molecule has 5 nitrogen and oxygen atoms in total. The van der Waals surface area contributed by atoms with E-state index in [1.54, 1.807) is 0 Å². The molecule has 1 aliphatic rings. The lowest BCUT2D eigenvalue weighted by Gasteiger charge is -2.06. The molecule has 3 heterocycles. The van der Waals surface area contributed by atoms with E-state index in [1.165, 1.54) is 5.56 Å². The van der Waals surface area contributed by atoms with E-state index >= 15 is 0 Å². The number of nitrogens with zero attached hydrogens (tertiary/aromatic N) is 3. The average Bonchev–Trinajstić information content (AvgIpc) is 2.92. The second kappa shape index (κ2) is 4.33. The zero-order chi connectivity index (χ0) is 12.5. The number of aryl methyl sites for hydroxylation is 1. The molecule has 1 unspecified atom stereocenters. The summed E-state index contributed by atoms with van der Waals surface area (Å²) in [6.45, 7) is 5.73. The number of nitrogens with one attached hydrogen (secondary N) is 2. The topological polar surface area (TPSA) is 53.7 Å². The van der Waals surface area contributed by atoms with Crippen molar-refractivity contribution in [1.82, 2.24) is 20.0 Å². The third-order valence-electron chi connectivity index (χ3n) is 2.99. The monoisotopic (exact) mass is 243 g/mol. The molecule has 2 aromatic heterocycles. The Labute approximate surface area is 106 Å². The molecule has 0 amide bonds. The highest BCUT2D eigenvalue weighted by molar-refractivity contribution is 5.81. The van der Waals surface area contributed by atoms with Crippen LogP contribution in [0.15, 0.2) is 29.5 Å². The van der Waals surface area contributed by atoms with Crippen molar-refractivity contribution in [3.8, 4) is 0 Å². The summed E-state index contributed by atoms with van der Waals surface area (Å²) in [4.78, 5) is 8.91. The molecule has 1 atom stereocenters. The molecular weight excluding hydrogens is 226 g/mol. The van der Waals surface area contributed by atoms with Gasteiger partial charge in [-0.25, -0.2) is 4.98 Å². The predicted molar refractivity (Wildman–Crippen MR) is 71.7 cm³/mol. The van der Waals surface area contributed by atoms with Gasteiger partial charge in [-0.3, -0.25) is 4.99 Å². The van der Waals surface area contributed by atoms with Crippen molar-refractivity contribution in [2.24, 2.45) is 4.99 Å². The van der Waals surface area contributed by atoms with Crippen LogP contribution in [0.5, 0.6) is 0 Å². The number of aromatic nitrogens is 2. The van der Waals surface area contributed by atoms with Gasteiger partial charge in [0.25, 0.3) is 0 Å². The summed E-state index contributed by atoms with van der Waals surface area (Å²) in [6.07, 6.45) is 4.13. The molecule has 3 rings (SSSR count). The Morgan fingerprint density at radius 2 is 2.33 bits per heavy atom. The van der Waals surface area contributed by atoms with Crippen LogP contribution in [0.4, 0.5) is 0 Å². The quantitative estimate of drug-likeness (QED) is 0.830. The Balaban J connectivity index is 1.71. The minimum absolute atomic E-state index is 0.427. The summed E-state index contributed by atoms with van der Waals surface area (Å²) >= 11 is 0. The summed E-state index contributed by atoms with van der Waals surface area (Å²) in [7, 11) is 0. The second-order valence-corrected chi connectivity index (χ2v) is 4.79. The van der Waals surface area contributed by atoms with Crippen LogP contribution >= 0.6 is 0 Å². The van der Waals surface area contributed by atoms with Gasteiger partial charge in [0.15, 0.2) is 5.96 Å². The molecule has 0 spiro atoms. The van der Waals surface area contributed by atoms with E-state index in [0.717, 1.165) is 23.8 Å². The largest absolute Gasteiger partial charge is 0.352 e. The normalized spacial score (nSPS) is 18.8. The second-order valence-electron chi connectivity index (χ2n) is 4.79. The standard InChI is InChI=1S/C13H17N5/c1-9-3-4-12-17-11(8-18(12)7-9)6-15-13-14-5-10(2)16-13/h3-4,7-8,10H,5-6H2,1-2H3,(H2,14,15,16). The van der Waals surface area contributed by atoms with Crippen molar-refractivity contribution in [2.75, 3.05) is 6.54 Å². The molecule has 0 radical (unpaired) electrons. The number of imidazole rings is 1. The van der Waals surface area contributed by atoms with Gasteiger partial charge in [0, 0.05) is 18.4 Å². The number of pyridine rings is 1. The fourth-order valence-electron chi connectivity index (χ4n) is 2.07. The van der Waals surface area contributed by atoms with Gasteiger partial charge in [-0.05, 0) is 25.5 Å². The fourth-order valence-corrected chi connectivity index (χ4v) is 2.07. The average molecular weight is 243 g/mol. The molecule has 0 saturated carbocycles. The van der Waals surface area contributed by atoms with E-state index in [0.29, 0.717) is 12.6 Å². The molecular formula is C13H17N5. The summed E-state index contributed by atoms with van der Waals surface area (Å²) in [6, 6.07) is 4.53. The molecule has 2 aromatic rings. The molecule has 18 heavy (non-hydrogen) atoms. The van der Waals surface area contributed by atoms with Crippen molar-refractivity contribution in [3.05, 3.63) is 35.8 Å². The van der Waals surface area contributed by atoms with Crippen molar-refractivity contribution in [3.63, 3.8) is 0 Å². The molecule has 1 aliphatic heterocycles. The molecule has 0 saturated heterocycles. The Hall–Kier alpha value is -2.04. The van der Waals surface area contributed by atoms with Crippen molar-refractivity contribution in [2.45, 2.75) is 26.4 Å². The van der Waals surface area contributed by atoms with Crippen LogP contribution in [0.25, 0.3) is 5.65 Å². The minimum Gasteiger partial charge on any atom is -0.352 e. The van der Waals surface area contributed by atoms with E-state index in [-0.39, 0.29) is 0 Å². The van der Waals surface area contributed by atoms with Crippen molar-refractivity contribution >= 4 is 11.6 Å². The number of guanidine groups is 1. The Kier molecular flexibility index (Phi) is 2.66. The number of aliphatic imine (C=N–C) groups is 1. The lowest BCUT2D eigenvalue weighted by molar-refractivity contribution is 0.712. The lowest BCUT2D eigenvalue weighted by atomic mass is 10.3. The summed E-state index contributed by atoms with van der Waals surface area (Å²) in [5, 5.41) is 6.54. The zero-order valence-corrected chi connectivity index (χ0v) is 10.6. The zero-order valence-electron chi connectivity index (χ0n) is 10.6. The molecule has 0 fully saturated rings. The fraction of sp³-hybridized carbons (Fsp3) is 0.385. The van der Waals surface area contributed by atoms with E-state index in [9.17, 15) is 0 Å². The highest BCUT2D eigenvalue weighted by Gasteiger charge is 2.12. The van der Waals surface area contributed by atoms with Gasteiger partial charge < -0.3 is 15.0 Å². The molecule has 2 N–H and O–H groups in total. The maximum atomic E-state index is 4.55. The van der Waals surface area contributed by atoms with Gasteiger partial charge in [-0.2, -0.15) is 0 Å². The summed E-state index contributed by atoms with van der Waals surface area (Å²) in [5.41, 5.74) is 3.23. The van der Waals surface area contributed by atoms with Gasteiger partial charge >= 0.3 is 0 Å². The van der Waals surface area contributed by atoms with Crippen molar-refractivity contribution < 1.29 is 0 Å². The first-order valence-corrected chi connectivity index (χ1v) is 6.20. The number of hydrogen-bond acceptors (Lipinski definition) is 4. The molecule has 0 bridgehead atoms.